The van der Waals surface area contributed by atoms with Crippen molar-refractivity contribution >= 4 is 5.69 Å². The Hall–Kier alpha value is -0.980. The number of aryl methyl sites for hydroxylation is 1. The second-order valence-corrected chi connectivity index (χ2v) is 8.18. The SMILES string of the molecule is CCCCCCCCCCCCCCCCCCc1cccc(N)c1C. The van der Waals surface area contributed by atoms with E-state index in [0.717, 1.165) is 5.69 Å². The van der Waals surface area contributed by atoms with Crippen molar-refractivity contribution in [1.29, 1.82) is 0 Å². The molecule has 0 fully saturated rings. The van der Waals surface area contributed by atoms with Gasteiger partial charge in [-0.1, -0.05) is 115 Å². The molecule has 0 amide bonds. The highest BCUT2D eigenvalue weighted by Crippen LogP contribution is 2.19. The van der Waals surface area contributed by atoms with Crippen LogP contribution in [0.15, 0.2) is 18.2 Å². The van der Waals surface area contributed by atoms with Crippen LogP contribution in [-0.2, 0) is 6.42 Å². The lowest BCUT2D eigenvalue weighted by Gasteiger charge is -2.08. The molecule has 0 bridgehead atoms. The monoisotopic (exact) mass is 359 g/mol. The average Bonchev–Trinajstić information content (AvgIpc) is 2.64. The van der Waals surface area contributed by atoms with Crippen LogP contribution < -0.4 is 5.73 Å². The summed E-state index contributed by atoms with van der Waals surface area (Å²) in [5.41, 5.74) is 9.65. The highest BCUT2D eigenvalue weighted by molar-refractivity contribution is 5.49. The lowest BCUT2D eigenvalue weighted by atomic mass is 9.99. The summed E-state index contributed by atoms with van der Waals surface area (Å²) in [4.78, 5) is 0. The lowest BCUT2D eigenvalue weighted by Crippen LogP contribution is -1.95. The summed E-state index contributed by atoms with van der Waals surface area (Å²) in [6.45, 7) is 4.44. The first-order valence-corrected chi connectivity index (χ1v) is 11.6. The Morgan fingerprint density at radius 2 is 1.04 bits per heavy atom. The zero-order chi connectivity index (χ0) is 18.9. The van der Waals surface area contributed by atoms with E-state index in [1.807, 2.05) is 6.07 Å². The second kappa shape index (κ2) is 16.2. The highest BCUT2D eigenvalue weighted by atomic mass is 14.6. The van der Waals surface area contributed by atoms with Crippen molar-refractivity contribution in [2.45, 2.75) is 123 Å². The summed E-state index contributed by atoms with van der Waals surface area (Å²) in [7, 11) is 0. The van der Waals surface area contributed by atoms with E-state index in [-0.39, 0.29) is 0 Å². The van der Waals surface area contributed by atoms with E-state index < -0.39 is 0 Å². The molecule has 0 aliphatic carbocycles. The molecular weight excluding hydrogens is 314 g/mol. The largest absolute Gasteiger partial charge is 0.399 e. The Kier molecular flexibility index (Phi) is 14.4. The first-order valence-electron chi connectivity index (χ1n) is 11.6. The molecule has 0 spiro atoms. The fraction of sp³-hybridized carbons (Fsp3) is 0.760. The van der Waals surface area contributed by atoms with E-state index in [1.54, 1.807) is 0 Å². The van der Waals surface area contributed by atoms with Crippen LogP contribution in [0.2, 0.25) is 0 Å². The zero-order valence-corrected chi connectivity index (χ0v) is 17.8. The van der Waals surface area contributed by atoms with Gasteiger partial charge in [0.05, 0.1) is 0 Å². The Morgan fingerprint density at radius 3 is 1.50 bits per heavy atom. The summed E-state index contributed by atoms with van der Waals surface area (Å²) in [6.07, 6.45) is 24.1. The molecule has 0 aromatic heterocycles. The molecule has 0 aliphatic rings. The van der Waals surface area contributed by atoms with Gasteiger partial charge in [-0.2, -0.15) is 0 Å². The first-order chi connectivity index (χ1) is 12.8. The third-order valence-corrected chi connectivity index (χ3v) is 5.79. The Bertz CT molecular complexity index is 438. The average molecular weight is 360 g/mol. The first kappa shape index (κ1) is 23.1. The normalized spacial score (nSPS) is 11.2. The topological polar surface area (TPSA) is 26.0 Å². The van der Waals surface area contributed by atoms with E-state index in [9.17, 15) is 0 Å². The summed E-state index contributed by atoms with van der Waals surface area (Å²) in [6, 6.07) is 6.33. The Balaban J connectivity index is 1.80. The van der Waals surface area contributed by atoms with Gasteiger partial charge < -0.3 is 5.73 Å². The number of benzene rings is 1. The molecule has 0 atom stereocenters. The van der Waals surface area contributed by atoms with Gasteiger partial charge in [0.25, 0.3) is 0 Å². The van der Waals surface area contributed by atoms with Gasteiger partial charge in [-0.15, -0.1) is 0 Å². The number of nitrogen functional groups attached to an aromatic ring is 1. The molecule has 0 saturated carbocycles. The third-order valence-electron chi connectivity index (χ3n) is 5.79. The molecule has 1 rings (SSSR count). The van der Waals surface area contributed by atoms with Crippen molar-refractivity contribution < 1.29 is 0 Å². The van der Waals surface area contributed by atoms with Crippen molar-refractivity contribution in [2.24, 2.45) is 0 Å². The van der Waals surface area contributed by atoms with Gasteiger partial charge in [0.15, 0.2) is 0 Å². The van der Waals surface area contributed by atoms with Crippen LogP contribution in [0.4, 0.5) is 5.69 Å². The highest BCUT2D eigenvalue weighted by Gasteiger charge is 2.01. The van der Waals surface area contributed by atoms with Crippen LogP contribution in [0, 0.1) is 6.92 Å². The van der Waals surface area contributed by atoms with Gasteiger partial charge in [0, 0.05) is 5.69 Å². The predicted molar refractivity (Wildman–Crippen MR) is 119 cm³/mol. The quantitative estimate of drug-likeness (QED) is 0.219. The second-order valence-electron chi connectivity index (χ2n) is 8.18. The smallest absolute Gasteiger partial charge is 0.0346 e. The summed E-state index contributed by atoms with van der Waals surface area (Å²) < 4.78 is 0. The lowest BCUT2D eigenvalue weighted by molar-refractivity contribution is 0.529. The van der Waals surface area contributed by atoms with Crippen LogP contribution in [0.1, 0.15) is 121 Å². The van der Waals surface area contributed by atoms with E-state index in [2.05, 4.69) is 26.0 Å². The molecule has 0 aliphatic heterocycles. The number of anilines is 1. The molecule has 1 aromatic carbocycles. The summed E-state index contributed by atoms with van der Waals surface area (Å²) >= 11 is 0. The Labute approximate surface area is 164 Å². The van der Waals surface area contributed by atoms with Crippen LogP contribution in [-0.4, -0.2) is 0 Å². The number of rotatable bonds is 17. The zero-order valence-electron chi connectivity index (χ0n) is 17.8. The van der Waals surface area contributed by atoms with E-state index in [4.69, 9.17) is 5.73 Å². The minimum absolute atomic E-state index is 0.944. The van der Waals surface area contributed by atoms with Gasteiger partial charge in [-0.3, -0.25) is 0 Å². The van der Waals surface area contributed by atoms with E-state index >= 15 is 0 Å². The molecule has 1 aromatic rings. The van der Waals surface area contributed by atoms with Crippen LogP contribution in [0.25, 0.3) is 0 Å². The van der Waals surface area contributed by atoms with Crippen molar-refractivity contribution in [3.63, 3.8) is 0 Å². The predicted octanol–water partition coefficient (Wildman–Crippen LogP) is 8.38. The van der Waals surface area contributed by atoms with Crippen LogP contribution in [0.3, 0.4) is 0 Å². The molecule has 26 heavy (non-hydrogen) atoms. The number of unbranched alkanes of at least 4 members (excludes halogenated alkanes) is 15. The molecular formula is C25H45N. The molecule has 0 radical (unpaired) electrons. The standard InChI is InChI=1S/C25H45N/c1-3-4-5-6-7-8-9-10-11-12-13-14-15-16-17-18-20-24-21-19-22-25(26)23(24)2/h19,21-22H,3-18,20,26H2,1-2H3. The maximum atomic E-state index is 5.98. The van der Waals surface area contributed by atoms with Crippen molar-refractivity contribution in [3.05, 3.63) is 29.3 Å². The summed E-state index contributed by atoms with van der Waals surface area (Å²) in [5.74, 6) is 0. The fourth-order valence-electron chi connectivity index (χ4n) is 3.84. The number of nitrogens with two attached hydrogens (primary N) is 1. The molecule has 0 heterocycles. The minimum atomic E-state index is 0.944. The molecule has 0 saturated heterocycles. The molecule has 1 nitrogen and oxygen atoms in total. The van der Waals surface area contributed by atoms with Crippen molar-refractivity contribution in [2.75, 3.05) is 5.73 Å². The van der Waals surface area contributed by atoms with Crippen molar-refractivity contribution in [1.82, 2.24) is 0 Å². The fourth-order valence-corrected chi connectivity index (χ4v) is 3.84. The van der Waals surface area contributed by atoms with Gasteiger partial charge in [0.1, 0.15) is 0 Å². The third kappa shape index (κ3) is 11.6. The van der Waals surface area contributed by atoms with Crippen LogP contribution >= 0.6 is 0 Å². The maximum absolute atomic E-state index is 5.98. The molecule has 150 valence electrons. The molecule has 0 unspecified atom stereocenters. The van der Waals surface area contributed by atoms with Crippen LogP contribution in [0.5, 0.6) is 0 Å². The van der Waals surface area contributed by atoms with Gasteiger partial charge >= 0.3 is 0 Å². The summed E-state index contributed by atoms with van der Waals surface area (Å²) in [5, 5.41) is 0. The number of hydrogen-bond donors (Lipinski definition) is 1. The van der Waals surface area contributed by atoms with Gasteiger partial charge in [-0.25, -0.2) is 0 Å². The van der Waals surface area contributed by atoms with Crippen molar-refractivity contribution in [3.8, 4) is 0 Å². The minimum Gasteiger partial charge on any atom is -0.399 e. The Morgan fingerprint density at radius 1 is 0.615 bits per heavy atom. The van der Waals surface area contributed by atoms with Gasteiger partial charge in [-0.05, 0) is 37.0 Å². The molecule has 1 heteroatoms. The molecule has 2 N–H and O–H groups in total. The van der Waals surface area contributed by atoms with Gasteiger partial charge in [0.2, 0.25) is 0 Å². The van der Waals surface area contributed by atoms with E-state index in [1.165, 1.54) is 120 Å². The van der Waals surface area contributed by atoms with E-state index in [0.29, 0.717) is 0 Å². The number of hydrogen-bond acceptors (Lipinski definition) is 1. The maximum Gasteiger partial charge on any atom is 0.0346 e.